The van der Waals surface area contributed by atoms with Crippen LogP contribution in [0.1, 0.15) is 32.6 Å². The lowest BCUT2D eigenvalue weighted by molar-refractivity contribution is -0.121. The van der Waals surface area contributed by atoms with E-state index in [0.29, 0.717) is 11.4 Å². The molecular formula is C21H21ClN2O2. The SMILES string of the molecule is CCC1CCCCN1C1=C(Cl)C(=O)N(c2cccc3ccccc23)C1=O. The molecule has 2 aromatic rings. The molecule has 0 spiro atoms. The van der Waals surface area contributed by atoms with Gasteiger partial charge in [-0.1, -0.05) is 54.9 Å². The van der Waals surface area contributed by atoms with Crippen molar-refractivity contribution < 1.29 is 9.59 Å². The Labute approximate surface area is 158 Å². The minimum atomic E-state index is -0.427. The average Bonchev–Trinajstić information content (AvgIpc) is 2.90. The standard InChI is InChI=1S/C21H21ClN2O2/c1-2-15-10-5-6-13-23(15)19-18(22)20(25)24(21(19)26)17-12-7-9-14-8-3-4-11-16(14)17/h3-4,7-9,11-12,15H,2,5-6,10,13H2,1H3. The Kier molecular flexibility index (Phi) is 4.45. The molecular weight excluding hydrogens is 348 g/mol. The number of anilines is 1. The summed E-state index contributed by atoms with van der Waals surface area (Å²) in [4.78, 5) is 29.4. The van der Waals surface area contributed by atoms with Gasteiger partial charge in [-0.3, -0.25) is 9.59 Å². The van der Waals surface area contributed by atoms with E-state index in [4.69, 9.17) is 11.6 Å². The van der Waals surface area contributed by atoms with Gasteiger partial charge < -0.3 is 4.90 Å². The zero-order valence-corrected chi connectivity index (χ0v) is 15.5. The maximum Gasteiger partial charge on any atom is 0.283 e. The third-order valence-corrected chi connectivity index (χ3v) is 5.74. The van der Waals surface area contributed by atoms with Crippen LogP contribution in [0.15, 0.2) is 53.2 Å². The fourth-order valence-electron chi connectivity index (χ4n) is 4.08. The lowest BCUT2D eigenvalue weighted by Crippen LogP contribution is -2.42. The Morgan fingerprint density at radius 1 is 1.04 bits per heavy atom. The van der Waals surface area contributed by atoms with Crippen molar-refractivity contribution in [1.29, 1.82) is 0 Å². The van der Waals surface area contributed by atoms with Crippen molar-refractivity contribution in [3.63, 3.8) is 0 Å². The van der Waals surface area contributed by atoms with Gasteiger partial charge in [-0.15, -0.1) is 0 Å². The fraction of sp³-hybridized carbons (Fsp3) is 0.333. The van der Waals surface area contributed by atoms with Crippen LogP contribution >= 0.6 is 11.6 Å². The van der Waals surface area contributed by atoms with Crippen molar-refractivity contribution in [1.82, 2.24) is 4.90 Å². The van der Waals surface area contributed by atoms with Gasteiger partial charge in [0.15, 0.2) is 0 Å². The highest BCUT2D eigenvalue weighted by molar-refractivity contribution is 6.53. The maximum absolute atomic E-state index is 13.3. The minimum absolute atomic E-state index is 0.0447. The van der Waals surface area contributed by atoms with E-state index in [-0.39, 0.29) is 17.0 Å². The Morgan fingerprint density at radius 3 is 2.62 bits per heavy atom. The summed E-state index contributed by atoms with van der Waals surface area (Å²) in [5.74, 6) is -0.736. The molecule has 134 valence electrons. The Hall–Kier alpha value is -2.33. The van der Waals surface area contributed by atoms with Crippen molar-refractivity contribution in [2.24, 2.45) is 0 Å². The van der Waals surface area contributed by atoms with Crippen LogP contribution in [0, 0.1) is 0 Å². The quantitative estimate of drug-likeness (QED) is 0.752. The molecule has 0 aromatic heterocycles. The predicted molar refractivity (Wildman–Crippen MR) is 104 cm³/mol. The van der Waals surface area contributed by atoms with Crippen LogP contribution in [-0.4, -0.2) is 29.3 Å². The van der Waals surface area contributed by atoms with Crippen molar-refractivity contribution >= 4 is 39.9 Å². The van der Waals surface area contributed by atoms with Crippen LogP contribution in [0.4, 0.5) is 5.69 Å². The summed E-state index contributed by atoms with van der Waals surface area (Å²) in [5, 5.41) is 1.90. The molecule has 0 N–H and O–H groups in total. The lowest BCUT2D eigenvalue weighted by atomic mass is 9.99. The summed E-state index contributed by atoms with van der Waals surface area (Å²) >= 11 is 6.40. The number of imide groups is 1. The summed E-state index contributed by atoms with van der Waals surface area (Å²) in [5.41, 5.74) is 0.965. The van der Waals surface area contributed by atoms with E-state index >= 15 is 0 Å². The minimum Gasteiger partial charge on any atom is -0.363 e. The fourth-order valence-corrected chi connectivity index (χ4v) is 4.36. The van der Waals surface area contributed by atoms with Crippen molar-refractivity contribution in [2.75, 3.05) is 11.4 Å². The number of piperidine rings is 1. The Morgan fingerprint density at radius 2 is 1.81 bits per heavy atom. The van der Waals surface area contributed by atoms with Gasteiger partial charge in [0, 0.05) is 18.0 Å². The average molecular weight is 369 g/mol. The molecule has 0 saturated carbocycles. The number of nitrogens with zero attached hydrogens (tertiary/aromatic N) is 2. The second kappa shape index (κ2) is 6.76. The Balaban J connectivity index is 1.77. The summed E-state index contributed by atoms with van der Waals surface area (Å²) in [6, 6.07) is 13.6. The van der Waals surface area contributed by atoms with Gasteiger partial charge >= 0.3 is 0 Å². The number of rotatable bonds is 3. The number of carbonyl (C=O) groups is 2. The molecule has 2 aliphatic heterocycles. The second-order valence-electron chi connectivity index (χ2n) is 6.86. The second-order valence-corrected chi connectivity index (χ2v) is 7.24. The van der Waals surface area contributed by atoms with E-state index in [1.807, 2.05) is 36.4 Å². The normalized spacial score (nSPS) is 21.2. The number of halogens is 1. The van der Waals surface area contributed by atoms with Crippen LogP contribution in [0.25, 0.3) is 10.8 Å². The van der Waals surface area contributed by atoms with E-state index in [1.54, 1.807) is 6.07 Å². The number of fused-ring (bicyclic) bond motifs is 1. The first-order chi connectivity index (χ1) is 12.6. The van der Waals surface area contributed by atoms with E-state index < -0.39 is 5.91 Å². The van der Waals surface area contributed by atoms with Gasteiger partial charge in [-0.2, -0.15) is 0 Å². The Bertz CT molecular complexity index is 916. The zero-order chi connectivity index (χ0) is 18.3. The van der Waals surface area contributed by atoms with Crippen molar-refractivity contribution in [2.45, 2.75) is 38.6 Å². The molecule has 1 saturated heterocycles. The van der Waals surface area contributed by atoms with Gasteiger partial charge in [0.25, 0.3) is 11.8 Å². The predicted octanol–water partition coefficient (Wildman–Crippen LogP) is 4.43. The summed E-state index contributed by atoms with van der Waals surface area (Å²) in [6.07, 6.45) is 4.12. The van der Waals surface area contributed by atoms with Crippen LogP contribution in [0.3, 0.4) is 0 Å². The molecule has 26 heavy (non-hydrogen) atoms. The smallest absolute Gasteiger partial charge is 0.283 e. The van der Waals surface area contributed by atoms with Gasteiger partial charge in [-0.05, 0) is 37.1 Å². The lowest BCUT2D eigenvalue weighted by Gasteiger charge is -2.37. The summed E-state index contributed by atoms with van der Waals surface area (Å²) in [6.45, 7) is 2.88. The molecule has 2 aliphatic rings. The number of benzene rings is 2. The first kappa shape index (κ1) is 17.1. The van der Waals surface area contributed by atoms with Crippen molar-refractivity contribution in [3.05, 3.63) is 53.2 Å². The molecule has 0 radical (unpaired) electrons. The van der Waals surface area contributed by atoms with Gasteiger partial charge in [-0.25, -0.2) is 4.90 Å². The van der Waals surface area contributed by atoms with E-state index in [2.05, 4.69) is 11.8 Å². The molecule has 1 atom stereocenters. The molecule has 2 amide bonds. The third-order valence-electron chi connectivity index (χ3n) is 5.40. The first-order valence-corrected chi connectivity index (χ1v) is 9.54. The van der Waals surface area contributed by atoms with Crippen LogP contribution < -0.4 is 4.90 Å². The molecule has 0 aliphatic carbocycles. The number of hydrogen-bond acceptors (Lipinski definition) is 3. The van der Waals surface area contributed by atoms with E-state index in [1.165, 1.54) is 4.90 Å². The zero-order valence-electron chi connectivity index (χ0n) is 14.7. The number of hydrogen-bond donors (Lipinski definition) is 0. The third kappa shape index (κ3) is 2.60. The summed E-state index contributed by atoms with van der Waals surface area (Å²) in [7, 11) is 0. The highest BCUT2D eigenvalue weighted by Crippen LogP contribution is 2.37. The molecule has 0 bridgehead atoms. The number of amides is 2. The molecule has 4 rings (SSSR count). The summed E-state index contributed by atoms with van der Waals surface area (Å²) < 4.78 is 0. The molecule has 4 nitrogen and oxygen atoms in total. The first-order valence-electron chi connectivity index (χ1n) is 9.16. The molecule has 2 aromatic carbocycles. The van der Waals surface area contributed by atoms with Crippen LogP contribution in [0.2, 0.25) is 0 Å². The number of likely N-dealkylation sites (tertiary alicyclic amines) is 1. The largest absolute Gasteiger partial charge is 0.363 e. The van der Waals surface area contributed by atoms with Gasteiger partial charge in [0.2, 0.25) is 0 Å². The van der Waals surface area contributed by atoms with Gasteiger partial charge in [0.1, 0.15) is 10.7 Å². The van der Waals surface area contributed by atoms with Crippen LogP contribution in [0.5, 0.6) is 0 Å². The van der Waals surface area contributed by atoms with E-state index in [9.17, 15) is 9.59 Å². The van der Waals surface area contributed by atoms with Crippen LogP contribution in [-0.2, 0) is 9.59 Å². The monoisotopic (exact) mass is 368 g/mol. The van der Waals surface area contributed by atoms with E-state index in [0.717, 1.165) is 43.0 Å². The van der Waals surface area contributed by atoms with Crippen molar-refractivity contribution in [3.8, 4) is 0 Å². The highest BCUT2D eigenvalue weighted by atomic mass is 35.5. The topological polar surface area (TPSA) is 40.6 Å². The highest BCUT2D eigenvalue weighted by Gasteiger charge is 2.43. The maximum atomic E-state index is 13.3. The molecule has 1 unspecified atom stereocenters. The molecule has 1 fully saturated rings. The molecule has 5 heteroatoms. The molecule has 2 heterocycles. The number of carbonyl (C=O) groups excluding carboxylic acids is 2. The van der Waals surface area contributed by atoms with Gasteiger partial charge in [0.05, 0.1) is 5.69 Å².